The number of aryl methyl sites for hydroxylation is 2. The third kappa shape index (κ3) is 3.23. The second-order valence-corrected chi connectivity index (χ2v) is 9.51. The molecule has 166 valence electrons. The summed E-state index contributed by atoms with van der Waals surface area (Å²) in [5, 5.41) is -0.140. The zero-order chi connectivity index (χ0) is 22.5. The van der Waals surface area contributed by atoms with Gasteiger partial charge in [-0.3, -0.25) is 9.13 Å². The summed E-state index contributed by atoms with van der Waals surface area (Å²) >= 11 is 0. The molecule has 1 fully saturated rings. The van der Waals surface area contributed by atoms with E-state index in [1.54, 1.807) is 20.2 Å². The summed E-state index contributed by atoms with van der Waals surface area (Å²) in [6, 6.07) is 13.8. The van der Waals surface area contributed by atoms with Crippen LogP contribution in [0.3, 0.4) is 0 Å². The third-order valence-electron chi connectivity index (χ3n) is 5.71. The van der Waals surface area contributed by atoms with E-state index >= 15 is 0 Å². The topological polar surface area (TPSA) is 99.6 Å². The first kappa shape index (κ1) is 20.5. The van der Waals surface area contributed by atoms with Crippen molar-refractivity contribution in [3.05, 3.63) is 59.0 Å². The van der Waals surface area contributed by atoms with Gasteiger partial charge in [0.25, 0.3) is 0 Å². The lowest BCUT2D eigenvalue weighted by Gasteiger charge is -2.26. The summed E-state index contributed by atoms with van der Waals surface area (Å²) < 4.78 is 41.7. The standard InChI is InChI=1S/C22H22N4O5S/c1-24-17-9-8-16(14-18(17)25(2)22(24)27)32(28,29)20-21(26-10-12-30-13-11-26)31-19(23-20)15-6-4-3-5-7-15/h3-9,14H,10-13H2,1-2H3. The zero-order valence-corrected chi connectivity index (χ0v) is 18.5. The minimum atomic E-state index is -4.03. The molecule has 0 amide bonds. The van der Waals surface area contributed by atoms with Crippen molar-refractivity contribution in [1.82, 2.24) is 14.1 Å². The maximum Gasteiger partial charge on any atom is 0.328 e. The molecule has 10 heteroatoms. The molecule has 0 atom stereocenters. The highest BCUT2D eigenvalue weighted by molar-refractivity contribution is 7.91. The third-order valence-corrected chi connectivity index (χ3v) is 7.36. The Morgan fingerprint density at radius 3 is 2.34 bits per heavy atom. The van der Waals surface area contributed by atoms with Gasteiger partial charge in [0.05, 0.1) is 29.1 Å². The molecule has 32 heavy (non-hydrogen) atoms. The second kappa shape index (κ2) is 7.64. The molecule has 0 bridgehead atoms. The average Bonchev–Trinajstić information content (AvgIpc) is 3.37. The normalized spacial score (nSPS) is 14.9. The lowest BCUT2D eigenvalue weighted by atomic mass is 10.2. The van der Waals surface area contributed by atoms with Crippen LogP contribution in [0.4, 0.5) is 5.88 Å². The number of hydrogen-bond donors (Lipinski definition) is 0. The number of fused-ring (bicyclic) bond motifs is 1. The van der Waals surface area contributed by atoms with Crippen molar-refractivity contribution in [1.29, 1.82) is 0 Å². The number of anilines is 1. The highest BCUT2D eigenvalue weighted by Crippen LogP contribution is 2.35. The van der Waals surface area contributed by atoms with Gasteiger partial charge in [0, 0.05) is 32.7 Å². The van der Waals surface area contributed by atoms with Gasteiger partial charge in [-0.15, -0.1) is 0 Å². The van der Waals surface area contributed by atoms with Gasteiger partial charge in [-0.25, -0.2) is 13.2 Å². The number of ether oxygens (including phenoxy) is 1. The summed E-state index contributed by atoms with van der Waals surface area (Å²) in [6.45, 7) is 1.94. The summed E-state index contributed by atoms with van der Waals surface area (Å²) in [5.74, 6) is 0.438. The molecular weight excluding hydrogens is 432 g/mol. The maximum absolute atomic E-state index is 13.7. The van der Waals surface area contributed by atoms with Gasteiger partial charge in [0.15, 0.2) is 0 Å². The number of oxazole rings is 1. The number of hydrogen-bond acceptors (Lipinski definition) is 7. The van der Waals surface area contributed by atoms with Gasteiger partial charge in [0.1, 0.15) is 0 Å². The Hall–Kier alpha value is -3.37. The summed E-state index contributed by atoms with van der Waals surface area (Å²) in [7, 11) is -0.763. The van der Waals surface area contributed by atoms with Crippen molar-refractivity contribution < 1.29 is 17.6 Å². The predicted molar refractivity (Wildman–Crippen MR) is 119 cm³/mol. The molecule has 2 aromatic carbocycles. The summed E-state index contributed by atoms with van der Waals surface area (Å²) in [5.41, 5.74) is 1.63. The molecule has 0 radical (unpaired) electrons. The van der Waals surface area contributed by atoms with Crippen LogP contribution in [0.25, 0.3) is 22.5 Å². The van der Waals surface area contributed by atoms with Crippen LogP contribution in [0.5, 0.6) is 0 Å². The van der Waals surface area contributed by atoms with Crippen LogP contribution in [-0.4, -0.2) is 48.8 Å². The largest absolute Gasteiger partial charge is 0.419 e. The Morgan fingerprint density at radius 2 is 1.62 bits per heavy atom. The minimum absolute atomic E-state index is 0.0496. The number of benzene rings is 2. The summed E-state index contributed by atoms with van der Waals surface area (Å²) in [4.78, 5) is 18.6. The smallest absolute Gasteiger partial charge is 0.328 e. The molecule has 9 nitrogen and oxygen atoms in total. The number of rotatable bonds is 4. The van der Waals surface area contributed by atoms with Crippen LogP contribution in [-0.2, 0) is 28.7 Å². The number of morpholine rings is 1. The van der Waals surface area contributed by atoms with Crippen LogP contribution in [0.1, 0.15) is 0 Å². The first-order chi connectivity index (χ1) is 15.4. The van der Waals surface area contributed by atoms with E-state index in [1.165, 1.54) is 21.3 Å². The van der Waals surface area contributed by atoms with Crippen molar-refractivity contribution in [2.24, 2.45) is 14.1 Å². The molecule has 0 N–H and O–H groups in total. The fraction of sp³-hybridized carbons (Fsp3) is 0.273. The van der Waals surface area contributed by atoms with Gasteiger partial charge >= 0.3 is 5.69 Å². The first-order valence-corrected chi connectivity index (χ1v) is 11.7. The number of nitrogens with zero attached hydrogens (tertiary/aromatic N) is 4. The van der Waals surface area contributed by atoms with E-state index in [0.717, 1.165) is 0 Å². The molecule has 0 unspecified atom stereocenters. The molecule has 0 spiro atoms. The van der Waals surface area contributed by atoms with E-state index < -0.39 is 9.84 Å². The Bertz CT molecular complexity index is 1460. The van der Waals surface area contributed by atoms with E-state index in [9.17, 15) is 13.2 Å². The number of sulfone groups is 1. The second-order valence-electron chi connectivity index (χ2n) is 7.65. The predicted octanol–water partition coefficient (Wildman–Crippen LogP) is 2.20. The molecule has 2 aromatic heterocycles. The average molecular weight is 455 g/mol. The Morgan fingerprint density at radius 1 is 0.938 bits per heavy atom. The van der Waals surface area contributed by atoms with E-state index in [2.05, 4.69) is 4.98 Å². The van der Waals surface area contributed by atoms with Crippen molar-refractivity contribution >= 4 is 26.8 Å². The molecular formula is C22H22N4O5S. The van der Waals surface area contributed by atoms with Gasteiger partial charge in [-0.05, 0) is 30.3 Å². The van der Waals surface area contributed by atoms with Crippen molar-refractivity contribution in [3.8, 4) is 11.5 Å². The SMILES string of the molecule is Cn1c(=O)n(C)c2cc(S(=O)(=O)c3nc(-c4ccccc4)oc3N3CCOCC3)ccc21. The molecule has 0 aliphatic carbocycles. The zero-order valence-electron chi connectivity index (χ0n) is 17.7. The summed E-state index contributed by atoms with van der Waals surface area (Å²) in [6.07, 6.45) is 0. The van der Waals surface area contributed by atoms with Crippen molar-refractivity contribution in [3.63, 3.8) is 0 Å². The quantitative estimate of drug-likeness (QED) is 0.466. The van der Waals surface area contributed by atoms with Crippen LogP contribution in [0.15, 0.2) is 67.7 Å². The van der Waals surface area contributed by atoms with Crippen molar-refractivity contribution in [2.75, 3.05) is 31.2 Å². The van der Waals surface area contributed by atoms with Crippen LogP contribution >= 0.6 is 0 Å². The van der Waals surface area contributed by atoms with Crippen LogP contribution in [0, 0.1) is 0 Å². The Balaban J connectivity index is 1.68. The lowest BCUT2D eigenvalue weighted by molar-refractivity contribution is 0.120. The lowest BCUT2D eigenvalue weighted by Crippen LogP contribution is -2.36. The van der Waals surface area contributed by atoms with Crippen LogP contribution < -0.4 is 10.6 Å². The number of imidazole rings is 1. The molecule has 3 heterocycles. The van der Waals surface area contributed by atoms with E-state index in [0.29, 0.717) is 42.9 Å². The van der Waals surface area contributed by atoms with Gasteiger partial charge < -0.3 is 14.1 Å². The minimum Gasteiger partial charge on any atom is -0.419 e. The fourth-order valence-corrected chi connectivity index (χ4v) is 5.25. The molecule has 5 rings (SSSR count). The monoisotopic (exact) mass is 454 g/mol. The van der Waals surface area contributed by atoms with Gasteiger partial charge in [0.2, 0.25) is 26.6 Å². The van der Waals surface area contributed by atoms with E-state index in [1.807, 2.05) is 35.2 Å². The molecule has 1 aliphatic rings. The van der Waals surface area contributed by atoms with Gasteiger partial charge in [-0.2, -0.15) is 4.98 Å². The van der Waals surface area contributed by atoms with E-state index in [-0.39, 0.29) is 27.4 Å². The molecule has 1 saturated heterocycles. The molecule has 4 aromatic rings. The highest BCUT2D eigenvalue weighted by atomic mass is 32.2. The first-order valence-electron chi connectivity index (χ1n) is 10.2. The van der Waals surface area contributed by atoms with Crippen LogP contribution in [0.2, 0.25) is 0 Å². The maximum atomic E-state index is 13.7. The van der Waals surface area contributed by atoms with Gasteiger partial charge in [-0.1, -0.05) is 18.2 Å². The Labute approximate surface area is 184 Å². The number of aromatic nitrogens is 3. The Kier molecular flexibility index (Phi) is 4.90. The highest BCUT2D eigenvalue weighted by Gasteiger charge is 2.32. The molecule has 1 aliphatic heterocycles. The van der Waals surface area contributed by atoms with E-state index in [4.69, 9.17) is 9.15 Å². The molecule has 0 saturated carbocycles. The van der Waals surface area contributed by atoms with Crippen molar-refractivity contribution in [2.45, 2.75) is 9.92 Å². The fourth-order valence-electron chi connectivity index (χ4n) is 3.91.